The number of hydrogen-bond acceptors (Lipinski definition) is 3. The van der Waals surface area contributed by atoms with Crippen molar-refractivity contribution in [2.75, 3.05) is 26.2 Å². The maximum Gasteiger partial charge on any atom is 0.253 e. The Bertz CT molecular complexity index is 836. The van der Waals surface area contributed by atoms with E-state index < -0.39 is 0 Å². The quantitative estimate of drug-likeness (QED) is 0.790. The van der Waals surface area contributed by atoms with Gasteiger partial charge in [-0.2, -0.15) is 0 Å². The van der Waals surface area contributed by atoms with Gasteiger partial charge >= 0.3 is 0 Å². The number of pyridine rings is 1. The van der Waals surface area contributed by atoms with E-state index in [-0.39, 0.29) is 11.3 Å². The Kier molecular flexibility index (Phi) is 4.67. The summed E-state index contributed by atoms with van der Waals surface area (Å²) in [5, 5.41) is 0. The SMILES string of the molecule is O=C(c1ccncc1)N1CCC2(CCC(N3CCCC3)c3ccccc32)CC1. The third kappa shape index (κ3) is 3.04. The van der Waals surface area contributed by atoms with E-state index in [0.717, 1.165) is 31.5 Å². The molecule has 1 aromatic carbocycles. The lowest BCUT2D eigenvalue weighted by Crippen LogP contribution is -2.47. The number of aromatic nitrogens is 1. The molecule has 1 aliphatic carbocycles. The Morgan fingerprint density at radius 3 is 2.39 bits per heavy atom. The summed E-state index contributed by atoms with van der Waals surface area (Å²) in [6.45, 7) is 4.20. The Hall–Kier alpha value is -2.20. The monoisotopic (exact) mass is 375 g/mol. The van der Waals surface area contributed by atoms with E-state index in [9.17, 15) is 4.79 Å². The molecule has 4 nitrogen and oxygen atoms in total. The number of rotatable bonds is 2. The van der Waals surface area contributed by atoms with E-state index in [1.807, 2.05) is 17.0 Å². The molecule has 1 spiro atoms. The second-order valence-electron chi connectivity index (χ2n) is 8.69. The standard InChI is InChI=1S/C24H29N3O/c28-23(19-8-13-25-14-9-19)27-17-11-24(12-18-27)10-7-22(26-15-3-4-16-26)20-5-1-2-6-21(20)24/h1-2,5-6,8-9,13-14,22H,3-4,7,10-12,15-18H2. The molecular weight excluding hydrogens is 346 g/mol. The summed E-state index contributed by atoms with van der Waals surface area (Å²) < 4.78 is 0. The summed E-state index contributed by atoms with van der Waals surface area (Å²) in [4.78, 5) is 21.6. The Morgan fingerprint density at radius 2 is 1.64 bits per heavy atom. The van der Waals surface area contributed by atoms with Crippen molar-refractivity contribution in [1.82, 2.24) is 14.8 Å². The van der Waals surface area contributed by atoms with Crippen molar-refractivity contribution in [2.24, 2.45) is 0 Å². The van der Waals surface area contributed by atoms with Gasteiger partial charge in [0.2, 0.25) is 0 Å². The van der Waals surface area contributed by atoms with Gasteiger partial charge in [0.1, 0.15) is 0 Å². The molecule has 0 saturated carbocycles. The molecule has 2 aromatic rings. The number of nitrogens with zero attached hydrogens (tertiary/aromatic N) is 3. The lowest BCUT2D eigenvalue weighted by atomic mass is 9.63. The van der Waals surface area contributed by atoms with Gasteiger partial charge in [-0.05, 0) is 80.3 Å². The number of likely N-dealkylation sites (tertiary alicyclic amines) is 2. The minimum atomic E-state index is 0.149. The average Bonchev–Trinajstić information content (AvgIpc) is 3.30. The second kappa shape index (κ2) is 7.32. The molecule has 0 bridgehead atoms. The lowest BCUT2D eigenvalue weighted by molar-refractivity contribution is 0.0632. The Labute approximate surface area is 167 Å². The summed E-state index contributed by atoms with van der Waals surface area (Å²) in [5.41, 5.74) is 4.13. The van der Waals surface area contributed by atoms with E-state index in [1.165, 1.54) is 38.8 Å². The van der Waals surface area contributed by atoms with E-state index in [2.05, 4.69) is 34.1 Å². The van der Waals surface area contributed by atoms with Crippen LogP contribution in [0.1, 0.15) is 66.1 Å². The van der Waals surface area contributed by atoms with Crippen molar-refractivity contribution in [2.45, 2.75) is 50.0 Å². The maximum atomic E-state index is 12.8. The number of piperidine rings is 1. The third-order valence-corrected chi connectivity index (χ3v) is 7.30. The van der Waals surface area contributed by atoms with Gasteiger partial charge in [0.25, 0.3) is 5.91 Å². The van der Waals surface area contributed by atoms with Gasteiger partial charge in [-0.1, -0.05) is 24.3 Å². The zero-order valence-electron chi connectivity index (χ0n) is 16.5. The Morgan fingerprint density at radius 1 is 0.929 bits per heavy atom. The first-order valence-corrected chi connectivity index (χ1v) is 10.8. The first-order valence-electron chi connectivity index (χ1n) is 10.8. The van der Waals surface area contributed by atoms with E-state index in [0.29, 0.717) is 6.04 Å². The normalized spacial score (nSPS) is 24.3. The summed E-state index contributed by atoms with van der Waals surface area (Å²) in [7, 11) is 0. The number of fused-ring (bicyclic) bond motifs is 2. The van der Waals surface area contributed by atoms with Crippen molar-refractivity contribution in [3.05, 3.63) is 65.5 Å². The number of benzene rings is 1. The number of hydrogen-bond donors (Lipinski definition) is 0. The largest absolute Gasteiger partial charge is 0.339 e. The third-order valence-electron chi connectivity index (χ3n) is 7.30. The van der Waals surface area contributed by atoms with Gasteiger partial charge in [0, 0.05) is 37.1 Å². The van der Waals surface area contributed by atoms with Crippen molar-refractivity contribution < 1.29 is 4.79 Å². The van der Waals surface area contributed by atoms with Gasteiger partial charge in [0.05, 0.1) is 0 Å². The van der Waals surface area contributed by atoms with Crippen molar-refractivity contribution in [1.29, 1.82) is 0 Å². The van der Waals surface area contributed by atoms with Gasteiger partial charge in [0.15, 0.2) is 0 Å². The highest BCUT2D eigenvalue weighted by atomic mass is 16.2. The summed E-state index contributed by atoms with van der Waals surface area (Å²) in [6, 6.07) is 13.4. The van der Waals surface area contributed by atoms with E-state index in [4.69, 9.17) is 0 Å². The molecule has 2 aliphatic heterocycles. The van der Waals surface area contributed by atoms with Crippen LogP contribution in [-0.4, -0.2) is 46.9 Å². The summed E-state index contributed by atoms with van der Waals surface area (Å²) in [5.74, 6) is 0.149. The molecule has 28 heavy (non-hydrogen) atoms. The molecule has 1 atom stereocenters. The molecule has 2 fully saturated rings. The number of amides is 1. The molecule has 5 rings (SSSR count). The second-order valence-corrected chi connectivity index (χ2v) is 8.69. The number of carbonyl (C=O) groups is 1. The fraction of sp³-hybridized carbons (Fsp3) is 0.500. The smallest absolute Gasteiger partial charge is 0.253 e. The highest BCUT2D eigenvalue weighted by Crippen LogP contribution is 2.50. The minimum absolute atomic E-state index is 0.149. The average molecular weight is 376 g/mol. The molecule has 1 amide bonds. The molecule has 3 heterocycles. The first-order chi connectivity index (χ1) is 13.8. The highest BCUT2D eigenvalue weighted by molar-refractivity contribution is 5.94. The van der Waals surface area contributed by atoms with Crippen LogP contribution in [0.4, 0.5) is 0 Å². The van der Waals surface area contributed by atoms with Crippen molar-refractivity contribution >= 4 is 5.91 Å². The van der Waals surface area contributed by atoms with Gasteiger partial charge in [-0.15, -0.1) is 0 Å². The van der Waals surface area contributed by atoms with Crippen LogP contribution in [0.15, 0.2) is 48.8 Å². The predicted molar refractivity (Wildman–Crippen MR) is 110 cm³/mol. The summed E-state index contributed by atoms with van der Waals surface area (Å²) in [6.07, 6.45) is 10.8. The van der Waals surface area contributed by atoms with Crippen molar-refractivity contribution in [3.63, 3.8) is 0 Å². The molecule has 0 N–H and O–H groups in total. The van der Waals surface area contributed by atoms with E-state index in [1.54, 1.807) is 23.5 Å². The van der Waals surface area contributed by atoms with Crippen LogP contribution in [0.3, 0.4) is 0 Å². The topological polar surface area (TPSA) is 36.4 Å². The van der Waals surface area contributed by atoms with Crippen LogP contribution in [0.25, 0.3) is 0 Å². The molecule has 146 valence electrons. The predicted octanol–water partition coefficient (Wildman–Crippen LogP) is 4.19. The first kappa shape index (κ1) is 17.9. The van der Waals surface area contributed by atoms with Crippen LogP contribution >= 0.6 is 0 Å². The fourth-order valence-corrected chi connectivity index (χ4v) is 5.74. The maximum absolute atomic E-state index is 12.8. The van der Waals surface area contributed by atoms with Crippen LogP contribution in [0.2, 0.25) is 0 Å². The van der Waals surface area contributed by atoms with Crippen LogP contribution < -0.4 is 0 Å². The highest BCUT2D eigenvalue weighted by Gasteiger charge is 2.43. The van der Waals surface area contributed by atoms with Crippen LogP contribution in [0.5, 0.6) is 0 Å². The molecular formula is C24H29N3O. The van der Waals surface area contributed by atoms with Gasteiger partial charge in [-0.3, -0.25) is 14.7 Å². The molecule has 2 saturated heterocycles. The molecule has 1 unspecified atom stereocenters. The summed E-state index contributed by atoms with van der Waals surface area (Å²) >= 11 is 0. The molecule has 0 radical (unpaired) electrons. The zero-order chi connectivity index (χ0) is 19.0. The fourth-order valence-electron chi connectivity index (χ4n) is 5.74. The minimum Gasteiger partial charge on any atom is -0.339 e. The lowest BCUT2D eigenvalue weighted by Gasteiger charge is -2.48. The molecule has 3 aliphatic rings. The zero-order valence-corrected chi connectivity index (χ0v) is 16.5. The van der Waals surface area contributed by atoms with Gasteiger partial charge in [-0.25, -0.2) is 0 Å². The van der Waals surface area contributed by atoms with Crippen LogP contribution in [0, 0.1) is 0 Å². The Balaban J connectivity index is 1.36. The van der Waals surface area contributed by atoms with Crippen LogP contribution in [-0.2, 0) is 5.41 Å². The van der Waals surface area contributed by atoms with Gasteiger partial charge < -0.3 is 4.90 Å². The molecule has 4 heteroatoms. The van der Waals surface area contributed by atoms with Crippen molar-refractivity contribution in [3.8, 4) is 0 Å². The molecule has 1 aromatic heterocycles. The van der Waals surface area contributed by atoms with E-state index >= 15 is 0 Å². The number of carbonyl (C=O) groups excluding carboxylic acids is 1.